The molecule has 10 N–H and O–H groups in total. The Balaban J connectivity index is 1.18. The van der Waals surface area contributed by atoms with Crippen LogP contribution in [-0.2, 0) is 9.53 Å². The summed E-state index contributed by atoms with van der Waals surface area (Å²) in [5, 5.41) is 0. The molecule has 5 rings (SSSR count). The molecule has 10 nitrogen and oxygen atoms in total. The highest BCUT2D eigenvalue weighted by Crippen LogP contribution is 2.90. The van der Waals surface area contributed by atoms with E-state index in [0.29, 0.717) is 31.5 Å². The van der Waals surface area contributed by atoms with Crippen molar-refractivity contribution in [1.29, 1.82) is 0 Å². The highest BCUT2D eigenvalue weighted by molar-refractivity contribution is 5.76. The zero-order valence-corrected chi connectivity index (χ0v) is 31.6. The van der Waals surface area contributed by atoms with Crippen molar-refractivity contribution in [3.63, 3.8) is 0 Å². The third-order valence-electron chi connectivity index (χ3n) is 14.8. The number of hydrogen-bond acceptors (Lipinski definition) is 6. The predicted octanol–water partition coefficient (Wildman–Crippen LogP) is 5.18. The van der Waals surface area contributed by atoms with Crippen molar-refractivity contribution in [3.8, 4) is 0 Å². The Kier molecular flexibility index (Phi) is 11.4. The van der Waals surface area contributed by atoms with Crippen LogP contribution in [-0.4, -0.2) is 67.2 Å². The molecule has 0 aromatic carbocycles. The molecule has 0 saturated heterocycles. The number of ether oxygens (including phenoxy) is 1. The predicted molar refractivity (Wildman–Crippen MR) is 201 cm³/mol. The summed E-state index contributed by atoms with van der Waals surface area (Å²) in [6.07, 6.45) is 18.8. The van der Waals surface area contributed by atoms with Crippen LogP contribution in [0.1, 0.15) is 131 Å². The van der Waals surface area contributed by atoms with Crippen LogP contribution in [0.3, 0.4) is 0 Å². The van der Waals surface area contributed by atoms with Gasteiger partial charge in [-0.05, 0) is 117 Å². The van der Waals surface area contributed by atoms with Crippen LogP contribution in [0, 0.1) is 39.4 Å². The van der Waals surface area contributed by atoms with Gasteiger partial charge in [-0.1, -0.05) is 65.5 Å². The lowest BCUT2D eigenvalue weighted by molar-refractivity contribution is -0.152. The Hall–Kier alpha value is -2.33. The number of rotatable bonds is 17. The fraction of sp³-hybridized carbons (Fsp3) is 0.872. The Morgan fingerprint density at radius 2 is 1.57 bits per heavy atom. The third kappa shape index (κ3) is 6.98. The monoisotopic (exact) mass is 683 g/mol. The van der Waals surface area contributed by atoms with E-state index in [4.69, 9.17) is 33.4 Å². The molecule has 49 heavy (non-hydrogen) atoms. The van der Waals surface area contributed by atoms with Gasteiger partial charge in [-0.15, -0.1) is 0 Å². The molecule has 8 atom stereocenters. The van der Waals surface area contributed by atoms with Crippen molar-refractivity contribution in [1.82, 2.24) is 4.90 Å². The fourth-order valence-corrected chi connectivity index (χ4v) is 12.0. The molecule has 0 aliphatic heterocycles. The topological polar surface area (TPSA) is 184 Å². The molecule has 0 heterocycles. The smallest absolute Gasteiger partial charge is 0.307 e. The molecule has 0 aromatic rings. The number of carbonyl (C=O) groups is 1. The maximum Gasteiger partial charge on any atom is 0.307 e. The van der Waals surface area contributed by atoms with Crippen molar-refractivity contribution >= 4 is 17.9 Å². The van der Waals surface area contributed by atoms with Crippen LogP contribution in [0.5, 0.6) is 0 Å². The summed E-state index contributed by atoms with van der Waals surface area (Å²) < 4.78 is 6.18. The average Bonchev–Trinajstić information content (AvgIpc) is 3.67. The molecule has 8 unspecified atom stereocenters. The molecule has 0 amide bonds. The van der Waals surface area contributed by atoms with Crippen LogP contribution in [0.4, 0.5) is 0 Å². The zero-order valence-electron chi connectivity index (χ0n) is 31.6. The number of nitrogens with zero attached hydrogens (tertiary/aromatic N) is 3. The maximum atomic E-state index is 13.2. The second-order valence-electron chi connectivity index (χ2n) is 17.7. The number of aliphatic imine (C=N–C) groups is 2. The molecule has 4 saturated carbocycles. The summed E-state index contributed by atoms with van der Waals surface area (Å²) >= 11 is 0. The number of esters is 1. The van der Waals surface area contributed by atoms with Gasteiger partial charge < -0.3 is 38.3 Å². The van der Waals surface area contributed by atoms with Gasteiger partial charge in [0.2, 0.25) is 0 Å². The van der Waals surface area contributed by atoms with Gasteiger partial charge in [-0.25, -0.2) is 0 Å². The number of allylic oxidation sites excluding steroid dienone is 1. The van der Waals surface area contributed by atoms with E-state index in [0.717, 1.165) is 69.4 Å². The second kappa shape index (κ2) is 14.7. The summed E-state index contributed by atoms with van der Waals surface area (Å²) in [5.41, 5.74) is 32.1. The number of hydrogen-bond donors (Lipinski definition) is 5. The summed E-state index contributed by atoms with van der Waals surface area (Å²) in [6.45, 7) is 15.7. The van der Waals surface area contributed by atoms with Gasteiger partial charge in [-0.2, -0.15) is 0 Å². The molecule has 10 heteroatoms. The van der Waals surface area contributed by atoms with Gasteiger partial charge in [-0.3, -0.25) is 14.8 Å². The maximum absolute atomic E-state index is 13.2. The quantitative estimate of drug-likeness (QED) is 0.0457. The first-order valence-corrected chi connectivity index (χ1v) is 19.6. The Labute approximate surface area is 296 Å². The van der Waals surface area contributed by atoms with E-state index in [1.54, 1.807) is 0 Å². The highest BCUT2D eigenvalue weighted by Gasteiger charge is 2.86. The van der Waals surface area contributed by atoms with Crippen LogP contribution >= 0.6 is 0 Å². The molecule has 0 aromatic heterocycles. The van der Waals surface area contributed by atoms with Crippen molar-refractivity contribution in [2.24, 2.45) is 78.1 Å². The first-order chi connectivity index (χ1) is 23.1. The van der Waals surface area contributed by atoms with E-state index in [9.17, 15) is 4.79 Å². The van der Waals surface area contributed by atoms with Crippen LogP contribution in [0.15, 0.2) is 21.6 Å². The summed E-state index contributed by atoms with van der Waals surface area (Å²) in [5.74, 6) is 2.34. The van der Waals surface area contributed by atoms with Crippen molar-refractivity contribution in [3.05, 3.63) is 11.6 Å². The number of guanidine groups is 2. The Bertz CT molecular complexity index is 1250. The molecule has 5 aliphatic rings. The normalized spacial score (nSPS) is 36.5. The molecule has 0 spiro atoms. The van der Waals surface area contributed by atoms with E-state index in [-0.39, 0.29) is 45.8 Å². The van der Waals surface area contributed by atoms with E-state index in [1.165, 1.54) is 56.9 Å². The van der Waals surface area contributed by atoms with Gasteiger partial charge in [0.05, 0.1) is 6.42 Å². The lowest BCUT2D eigenvalue weighted by Crippen LogP contribution is -2.65. The third-order valence-corrected chi connectivity index (χ3v) is 14.8. The highest BCUT2D eigenvalue weighted by atomic mass is 16.5. The lowest BCUT2D eigenvalue weighted by atomic mass is 9.44. The van der Waals surface area contributed by atoms with Crippen molar-refractivity contribution in [2.75, 3.05) is 32.7 Å². The van der Waals surface area contributed by atoms with Gasteiger partial charge >= 0.3 is 5.97 Å². The first kappa shape index (κ1) is 37.9. The minimum absolute atomic E-state index is 0.0464. The average molecular weight is 683 g/mol. The summed E-state index contributed by atoms with van der Waals surface area (Å²) in [7, 11) is 0. The standard InChI is InChI=1S/C39H70N8O2/c1-27(2)9-6-10-28(3)31-13-17-39(44)36(31,5)18-19-37-26-38(37,39)16-11-29-25-30(12-15-35(29,37)4)49-32(48)14-24-47(22-7-20-45-33(40)41)23-8-21-46-34(42)43/h11,27-28,30-31H,6-10,12-26,44H2,1-5H3,(H4,40,41,45)(H4,42,43,46). The Morgan fingerprint density at radius 1 is 0.898 bits per heavy atom. The van der Waals surface area contributed by atoms with Crippen molar-refractivity contribution in [2.45, 2.75) is 143 Å². The number of nitrogens with two attached hydrogens (primary N) is 5. The number of carbonyl (C=O) groups excluding carboxylic acids is 1. The Morgan fingerprint density at radius 3 is 2.20 bits per heavy atom. The van der Waals surface area contributed by atoms with Crippen LogP contribution < -0.4 is 28.7 Å². The molecule has 0 radical (unpaired) electrons. The largest absolute Gasteiger partial charge is 0.462 e. The van der Waals surface area contributed by atoms with E-state index >= 15 is 0 Å². The molecule has 5 aliphatic carbocycles. The van der Waals surface area contributed by atoms with Gasteiger partial charge in [0.25, 0.3) is 0 Å². The van der Waals surface area contributed by atoms with E-state index in [2.05, 4.69) is 55.6 Å². The minimum atomic E-state index is -0.115. The molecule has 4 fully saturated rings. The molecular formula is C39H70N8O2. The molecule has 0 bridgehead atoms. The lowest BCUT2D eigenvalue weighted by Gasteiger charge is -2.62. The van der Waals surface area contributed by atoms with E-state index in [1.807, 2.05) is 0 Å². The molecular weight excluding hydrogens is 612 g/mol. The zero-order chi connectivity index (χ0) is 35.7. The van der Waals surface area contributed by atoms with Crippen LogP contribution in [0.25, 0.3) is 0 Å². The summed E-state index contributed by atoms with van der Waals surface area (Å²) in [4.78, 5) is 23.6. The fourth-order valence-electron chi connectivity index (χ4n) is 12.0. The van der Waals surface area contributed by atoms with Gasteiger partial charge in [0.15, 0.2) is 11.9 Å². The van der Waals surface area contributed by atoms with Gasteiger partial charge in [0.1, 0.15) is 6.10 Å². The first-order valence-electron chi connectivity index (χ1n) is 19.6. The summed E-state index contributed by atoms with van der Waals surface area (Å²) in [6, 6.07) is 0. The van der Waals surface area contributed by atoms with Crippen molar-refractivity contribution < 1.29 is 9.53 Å². The second-order valence-corrected chi connectivity index (χ2v) is 17.7. The van der Waals surface area contributed by atoms with Gasteiger partial charge in [0, 0.05) is 31.6 Å². The number of fused-ring (bicyclic) bond motifs is 2. The SMILES string of the molecule is CC(C)CCCC(C)C1CCC2(N)C1(C)CCC13CC21CC=C1CC(OC(=O)CCN(CCCN=C(N)N)CCCN=C(N)N)CCC13C. The van der Waals surface area contributed by atoms with E-state index < -0.39 is 0 Å². The molecule has 278 valence electrons. The minimum Gasteiger partial charge on any atom is -0.462 e. The van der Waals surface area contributed by atoms with Crippen LogP contribution in [0.2, 0.25) is 0 Å².